The highest BCUT2D eigenvalue weighted by atomic mass is 32.2. The second kappa shape index (κ2) is 7.32. The van der Waals surface area contributed by atoms with E-state index in [9.17, 15) is 4.79 Å². The van der Waals surface area contributed by atoms with Gasteiger partial charge in [0.2, 0.25) is 11.1 Å². The van der Waals surface area contributed by atoms with Crippen molar-refractivity contribution in [2.24, 2.45) is 0 Å². The largest absolute Gasteiger partial charge is 0.325 e. The van der Waals surface area contributed by atoms with E-state index in [1.807, 2.05) is 64.7 Å². The predicted octanol–water partition coefficient (Wildman–Crippen LogP) is 3.47. The van der Waals surface area contributed by atoms with Crippen molar-refractivity contribution in [2.45, 2.75) is 36.2 Å². The average Bonchev–Trinajstić information content (AvgIpc) is 3.33. The molecule has 1 amide bonds. The Labute approximate surface area is 171 Å². The summed E-state index contributed by atoms with van der Waals surface area (Å²) in [7, 11) is 0. The van der Waals surface area contributed by atoms with Gasteiger partial charge in [-0.05, 0) is 66.6 Å². The van der Waals surface area contributed by atoms with Crippen LogP contribution in [0.25, 0.3) is 16.7 Å². The quantitative estimate of drug-likeness (QED) is 0.494. The Morgan fingerprint density at radius 1 is 1.17 bits per heavy atom. The Morgan fingerprint density at radius 2 is 1.97 bits per heavy atom. The molecule has 1 unspecified atom stereocenters. The van der Waals surface area contributed by atoms with Crippen LogP contribution in [0.2, 0.25) is 0 Å². The molecule has 0 aliphatic heterocycles. The molecule has 8 nitrogen and oxygen atoms in total. The lowest BCUT2D eigenvalue weighted by Gasteiger charge is -2.12. The summed E-state index contributed by atoms with van der Waals surface area (Å²) in [6, 6.07) is 16.1. The normalized spacial score (nSPS) is 14.8. The maximum Gasteiger partial charge on any atom is 0.237 e. The first-order valence-corrected chi connectivity index (χ1v) is 10.3. The monoisotopic (exact) mass is 405 g/mol. The summed E-state index contributed by atoms with van der Waals surface area (Å²) >= 11 is 1.38. The van der Waals surface area contributed by atoms with E-state index in [0.717, 1.165) is 35.2 Å². The molecule has 4 aromatic rings. The lowest BCUT2D eigenvalue weighted by atomic mass is 10.2. The second-order valence-corrected chi connectivity index (χ2v) is 8.34. The van der Waals surface area contributed by atoms with Gasteiger partial charge in [0.15, 0.2) is 0 Å². The number of thioether (sulfide) groups is 1. The van der Waals surface area contributed by atoms with Crippen LogP contribution >= 0.6 is 11.8 Å². The van der Waals surface area contributed by atoms with Crippen LogP contribution in [-0.4, -0.2) is 40.9 Å². The van der Waals surface area contributed by atoms with Gasteiger partial charge in [-0.2, -0.15) is 0 Å². The van der Waals surface area contributed by atoms with E-state index in [0.29, 0.717) is 11.2 Å². The first-order chi connectivity index (χ1) is 14.2. The zero-order chi connectivity index (χ0) is 19.8. The van der Waals surface area contributed by atoms with Crippen LogP contribution in [0.5, 0.6) is 0 Å². The molecule has 1 fully saturated rings. The molecule has 2 aromatic carbocycles. The van der Waals surface area contributed by atoms with Gasteiger partial charge in [-0.25, -0.2) is 9.67 Å². The number of carbonyl (C=O) groups is 1. The minimum atomic E-state index is -0.309. The molecule has 2 aromatic heterocycles. The summed E-state index contributed by atoms with van der Waals surface area (Å²) in [6.45, 7) is 1.86. The van der Waals surface area contributed by atoms with Crippen LogP contribution in [-0.2, 0) is 4.79 Å². The number of benzene rings is 2. The number of hydrogen-bond acceptors (Lipinski definition) is 6. The molecule has 5 rings (SSSR count). The van der Waals surface area contributed by atoms with Crippen LogP contribution in [0.15, 0.2) is 60.0 Å². The number of fused-ring (bicyclic) bond motifs is 1. The van der Waals surface area contributed by atoms with Crippen LogP contribution in [0.1, 0.15) is 25.8 Å². The van der Waals surface area contributed by atoms with Gasteiger partial charge in [-0.15, -0.1) is 5.10 Å². The van der Waals surface area contributed by atoms with Gasteiger partial charge in [0.1, 0.15) is 6.33 Å². The summed E-state index contributed by atoms with van der Waals surface area (Å²) < 4.78 is 3.84. The number of anilines is 1. The van der Waals surface area contributed by atoms with Crippen LogP contribution < -0.4 is 5.32 Å². The Kier molecular flexibility index (Phi) is 4.51. The van der Waals surface area contributed by atoms with E-state index in [2.05, 4.69) is 25.8 Å². The fourth-order valence-electron chi connectivity index (χ4n) is 3.14. The lowest BCUT2D eigenvalue weighted by molar-refractivity contribution is -0.115. The maximum absolute atomic E-state index is 12.6. The van der Waals surface area contributed by atoms with E-state index in [4.69, 9.17) is 0 Å². The van der Waals surface area contributed by atoms with Crippen molar-refractivity contribution >= 4 is 34.4 Å². The molecular formula is C20H19N7OS. The molecule has 1 atom stereocenters. The Bertz CT molecular complexity index is 1160. The van der Waals surface area contributed by atoms with E-state index < -0.39 is 0 Å². The highest BCUT2D eigenvalue weighted by Gasteiger charge is 2.29. The summed E-state index contributed by atoms with van der Waals surface area (Å²) in [6.07, 6.45) is 4.00. The number of imidazole rings is 1. The molecule has 29 heavy (non-hydrogen) atoms. The van der Waals surface area contributed by atoms with E-state index in [1.165, 1.54) is 11.8 Å². The molecule has 0 saturated heterocycles. The topological polar surface area (TPSA) is 90.5 Å². The molecule has 146 valence electrons. The van der Waals surface area contributed by atoms with Gasteiger partial charge in [0.25, 0.3) is 0 Å². The fourth-order valence-corrected chi connectivity index (χ4v) is 4.00. The van der Waals surface area contributed by atoms with Crippen molar-refractivity contribution in [2.75, 3.05) is 5.32 Å². The first kappa shape index (κ1) is 17.9. The van der Waals surface area contributed by atoms with Crippen LogP contribution in [0, 0.1) is 0 Å². The van der Waals surface area contributed by atoms with Crippen molar-refractivity contribution in [3.63, 3.8) is 0 Å². The number of carbonyl (C=O) groups excluding carboxylic acids is 1. The van der Waals surface area contributed by atoms with E-state index >= 15 is 0 Å². The molecule has 1 saturated carbocycles. The summed E-state index contributed by atoms with van der Waals surface area (Å²) in [4.78, 5) is 17.0. The third-order valence-corrected chi connectivity index (χ3v) is 5.92. The molecule has 0 spiro atoms. The number of nitrogens with one attached hydrogen (secondary N) is 1. The molecule has 1 aliphatic carbocycles. The second-order valence-electron chi connectivity index (χ2n) is 7.04. The van der Waals surface area contributed by atoms with Gasteiger partial charge >= 0.3 is 0 Å². The van der Waals surface area contributed by atoms with Crippen LogP contribution in [0.4, 0.5) is 5.69 Å². The third-order valence-electron chi connectivity index (χ3n) is 4.87. The minimum Gasteiger partial charge on any atom is -0.325 e. The highest BCUT2D eigenvalue weighted by molar-refractivity contribution is 8.00. The zero-order valence-electron chi connectivity index (χ0n) is 15.8. The molecule has 1 aliphatic rings. The fraction of sp³-hybridized carbons (Fsp3) is 0.250. The first-order valence-electron chi connectivity index (χ1n) is 9.47. The van der Waals surface area contributed by atoms with Crippen molar-refractivity contribution in [1.82, 2.24) is 29.8 Å². The third kappa shape index (κ3) is 3.61. The Balaban J connectivity index is 1.26. The van der Waals surface area contributed by atoms with Crippen molar-refractivity contribution < 1.29 is 4.79 Å². The maximum atomic E-state index is 12.6. The molecule has 2 heterocycles. The Morgan fingerprint density at radius 3 is 2.76 bits per heavy atom. The number of hydrogen-bond donors (Lipinski definition) is 1. The molecule has 0 radical (unpaired) electrons. The van der Waals surface area contributed by atoms with E-state index in [-0.39, 0.29) is 11.2 Å². The molecule has 1 N–H and O–H groups in total. The number of tetrazole rings is 1. The zero-order valence-corrected chi connectivity index (χ0v) is 16.6. The molecule has 9 heteroatoms. The van der Waals surface area contributed by atoms with Gasteiger partial charge < -0.3 is 5.32 Å². The van der Waals surface area contributed by atoms with Gasteiger partial charge in [0.05, 0.1) is 22.3 Å². The van der Waals surface area contributed by atoms with Gasteiger partial charge in [-0.3, -0.25) is 9.36 Å². The number of aromatic nitrogens is 6. The van der Waals surface area contributed by atoms with Crippen LogP contribution in [0.3, 0.4) is 0 Å². The van der Waals surface area contributed by atoms with Crippen molar-refractivity contribution in [3.8, 4) is 5.69 Å². The average molecular weight is 405 g/mol. The summed E-state index contributed by atoms with van der Waals surface area (Å²) in [5.41, 5.74) is 3.73. The number of rotatable bonds is 6. The van der Waals surface area contributed by atoms with Gasteiger partial charge in [-0.1, -0.05) is 23.9 Å². The highest BCUT2D eigenvalue weighted by Crippen LogP contribution is 2.37. The predicted molar refractivity (Wildman–Crippen MR) is 111 cm³/mol. The van der Waals surface area contributed by atoms with Crippen molar-refractivity contribution in [1.29, 1.82) is 0 Å². The summed E-state index contributed by atoms with van der Waals surface area (Å²) in [5.74, 6) is -0.0822. The minimum absolute atomic E-state index is 0.0822. The summed E-state index contributed by atoms with van der Waals surface area (Å²) in [5, 5.41) is 15.2. The lowest BCUT2D eigenvalue weighted by Crippen LogP contribution is -2.23. The number of para-hydroxylation sites is 2. The molecule has 0 bridgehead atoms. The number of nitrogens with zero attached hydrogens (tertiary/aromatic N) is 6. The number of amides is 1. The van der Waals surface area contributed by atoms with E-state index in [1.54, 1.807) is 6.33 Å². The Hall–Kier alpha value is -3.20. The smallest absolute Gasteiger partial charge is 0.237 e. The SMILES string of the molecule is CC(Sc1nnnn1C1CC1)C(=O)Nc1ccc(-n2cnc3ccccc32)cc1. The standard InChI is InChI=1S/C20H19N7OS/c1-13(29-20-23-24-25-27(20)16-10-11-16)19(28)22-14-6-8-15(9-7-14)26-12-21-17-4-2-3-5-18(17)26/h2-9,12-13,16H,10-11H2,1H3,(H,22,28). The van der Waals surface area contributed by atoms with Crippen molar-refractivity contribution in [3.05, 3.63) is 54.9 Å². The van der Waals surface area contributed by atoms with Gasteiger partial charge in [0, 0.05) is 11.4 Å². The molecular weight excluding hydrogens is 386 g/mol.